The van der Waals surface area contributed by atoms with Gasteiger partial charge >= 0.3 is 0 Å². The third kappa shape index (κ3) is 4.11. The summed E-state index contributed by atoms with van der Waals surface area (Å²) in [7, 11) is -1.91. The van der Waals surface area contributed by atoms with E-state index in [-0.39, 0.29) is 5.82 Å². The quantitative estimate of drug-likeness (QED) is 0.281. The molecule has 0 unspecified atom stereocenters. The van der Waals surface area contributed by atoms with E-state index in [0.29, 0.717) is 0 Å². The molecule has 0 saturated carbocycles. The molecular weight excluding hydrogens is 424 g/mol. The lowest BCUT2D eigenvalue weighted by Gasteiger charge is -2.25. The molecule has 0 aliphatic carbocycles. The Morgan fingerprint density at radius 2 is 1.18 bits per heavy atom. The number of rotatable bonds is 5. The minimum atomic E-state index is -1.91. The van der Waals surface area contributed by atoms with Gasteiger partial charge in [0.1, 0.15) is 29.0 Å². The molecule has 4 aromatic carbocycles. The van der Waals surface area contributed by atoms with E-state index < -0.39 is 7.26 Å². The van der Waals surface area contributed by atoms with Gasteiger partial charge in [0, 0.05) is 11.8 Å². The molecule has 0 bridgehead atoms. The van der Waals surface area contributed by atoms with Gasteiger partial charge in [0.2, 0.25) is 0 Å². The summed E-state index contributed by atoms with van der Waals surface area (Å²) in [4.78, 5) is 4.76. The number of pyridine rings is 1. The van der Waals surface area contributed by atoms with E-state index in [1.807, 2.05) is 24.4 Å². The van der Waals surface area contributed by atoms with Gasteiger partial charge in [0.25, 0.3) is 0 Å². The van der Waals surface area contributed by atoms with Crippen molar-refractivity contribution in [1.29, 1.82) is 0 Å². The molecule has 5 rings (SSSR count). The highest BCUT2D eigenvalue weighted by Crippen LogP contribution is 2.53. The van der Waals surface area contributed by atoms with Gasteiger partial charge in [-0.3, -0.25) is 4.98 Å². The number of benzene rings is 4. The van der Waals surface area contributed by atoms with Gasteiger partial charge in [0.05, 0.1) is 12.4 Å². The first-order valence-electron chi connectivity index (χ1n) is 11.0. The molecule has 1 nitrogen and oxygen atoms in total. The normalized spacial score (nSPS) is 11.3. The predicted octanol–water partition coefficient (Wildman–Crippen LogP) is 6.48. The first-order valence-corrected chi connectivity index (χ1v) is 13.2. The minimum Gasteiger partial charge on any atom is -0.256 e. The summed E-state index contributed by atoms with van der Waals surface area (Å²) < 4.78 is 13.4. The average Bonchev–Trinajstić information content (AvgIpc) is 2.90. The molecule has 1 heterocycles. The van der Waals surface area contributed by atoms with Crippen molar-refractivity contribution in [2.24, 2.45) is 0 Å². The SMILES string of the molecule is C[P+](c1ccccc1)(c1ccccc1)c1ccccc1-c1cc(-c2ccc(F)cc2)ccn1. The maximum Gasteiger partial charge on any atom is 0.123 e. The predicted molar refractivity (Wildman–Crippen MR) is 140 cm³/mol. The zero-order valence-electron chi connectivity index (χ0n) is 18.4. The molecule has 0 saturated heterocycles. The summed E-state index contributed by atoms with van der Waals surface area (Å²) in [5.74, 6) is -0.232. The molecule has 0 atom stereocenters. The number of aromatic nitrogens is 1. The van der Waals surface area contributed by atoms with Crippen LogP contribution in [-0.2, 0) is 0 Å². The van der Waals surface area contributed by atoms with Crippen molar-refractivity contribution in [3.8, 4) is 22.4 Å². The third-order valence-electron chi connectivity index (χ3n) is 6.14. The second kappa shape index (κ2) is 9.10. The number of nitrogens with zero attached hydrogens (tertiary/aromatic N) is 1. The van der Waals surface area contributed by atoms with Crippen LogP contribution in [0.3, 0.4) is 0 Å². The van der Waals surface area contributed by atoms with Gasteiger partial charge in [-0.25, -0.2) is 4.39 Å². The van der Waals surface area contributed by atoms with Gasteiger partial charge in [-0.15, -0.1) is 0 Å². The van der Waals surface area contributed by atoms with E-state index >= 15 is 0 Å². The van der Waals surface area contributed by atoms with Crippen molar-refractivity contribution in [2.45, 2.75) is 0 Å². The van der Waals surface area contributed by atoms with Crippen molar-refractivity contribution in [3.63, 3.8) is 0 Å². The summed E-state index contributed by atoms with van der Waals surface area (Å²) in [5, 5.41) is 3.96. The monoisotopic (exact) mass is 448 g/mol. The highest BCUT2D eigenvalue weighted by atomic mass is 31.2. The maximum atomic E-state index is 13.4. The molecule has 0 radical (unpaired) electrons. The van der Waals surface area contributed by atoms with Crippen molar-refractivity contribution in [3.05, 3.63) is 133 Å². The van der Waals surface area contributed by atoms with Gasteiger partial charge in [-0.2, -0.15) is 0 Å². The lowest BCUT2D eigenvalue weighted by atomic mass is 10.0. The van der Waals surface area contributed by atoms with Crippen LogP contribution in [0.1, 0.15) is 0 Å². The fourth-order valence-corrected chi connectivity index (χ4v) is 7.81. The molecule has 0 spiro atoms. The number of hydrogen-bond donors (Lipinski definition) is 0. The summed E-state index contributed by atoms with van der Waals surface area (Å²) in [6.45, 7) is 2.39. The smallest absolute Gasteiger partial charge is 0.123 e. The van der Waals surface area contributed by atoms with Crippen LogP contribution in [-0.4, -0.2) is 11.6 Å². The van der Waals surface area contributed by atoms with Crippen LogP contribution >= 0.6 is 7.26 Å². The molecule has 33 heavy (non-hydrogen) atoms. The second-order valence-corrected chi connectivity index (χ2v) is 11.7. The maximum absolute atomic E-state index is 13.4. The van der Waals surface area contributed by atoms with Crippen molar-refractivity contribution in [1.82, 2.24) is 4.98 Å². The summed E-state index contributed by atoms with van der Waals surface area (Å²) >= 11 is 0. The Hall–Kier alpha value is -3.61. The molecular formula is C30H24FNP+. The standard InChI is InChI=1S/C30H24FNP/c1-33(26-10-4-2-5-11-26,27-12-6-3-7-13-27)30-15-9-8-14-28(30)29-22-24(20-21-32-29)23-16-18-25(31)19-17-23/h2-22H,1H3/q+1. The molecule has 3 heteroatoms. The minimum absolute atomic E-state index is 0.232. The fourth-order valence-electron chi connectivity index (χ4n) is 4.36. The number of halogens is 1. The van der Waals surface area contributed by atoms with Crippen LogP contribution < -0.4 is 15.9 Å². The Morgan fingerprint density at radius 1 is 0.606 bits per heavy atom. The average molecular weight is 449 g/mol. The number of hydrogen-bond acceptors (Lipinski definition) is 1. The third-order valence-corrected chi connectivity index (χ3v) is 10.2. The van der Waals surface area contributed by atoms with E-state index in [1.54, 1.807) is 0 Å². The van der Waals surface area contributed by atoms with Crippen LogP contribution in [0.15, 0.2) is 128 Å². The van der Waals surface area contributed by atoms with E-state index in [0.717, 1.165) is 22.4 Å². The van der Waals surface area contributed by atoms with E-state index in [2.05, 4.69) is 97.7 Å². The highest BCUT2D eigenvalue weighted by Gasteiger charge is 2.42. The molecule has 0 amide bonds. The van der Waals surface area contributed by atoms with Crippen molar-refractivity contribution in [2.75, 3.05) is 6.66 Å². The Kier molecular flexibility index (Phi) is 5.86. The first-order chi connectivity index (χ1) is 16.2. The second-order valence-electron chi connectivity index (χ2n) is 8.13. The van der Waals surface area contributed by atoms with E-state index in [9.17, 15) is 4.39 Å². The Bertz CT molecular complexity index is 1330. The molecule has 0 aliphatic heterocycles. The summed E-state index contributed by atoms with van der Waals surface area (Å²) in [5.41, 5.74) is 4.05. The van der Waals surface area contributed by atoms with E-state index in [4.69, 9.17) is 4.98 Å². The highest BCUT2D eigenvalue weighted by molar-refractivity contribution is 7.95. The van der Waals surface area contributed by atoms with Gasteiger partial charge in [-0.05, 0) is 71.8 Å². The van der Waals surface area contributed by atoms with Crippen LogP contribution in [0, 0.1) is 5.82 Å². The molecule has 160 valence electrons. The summed E-state index contributed by atoms with van der Waals surface area (Å²) in [6.07, 6.45) is 1.84. The molecule has 5 aromatic rings. The lowest BCUT2D eigenvalue weighted by Crippen LogP contribution is -2.31. The zero-order chi connectivity index (χ0) is 22.7. The van der Waals surface area contributed by atoms with Crippen molar-refractivity contribution < 1.29 is 4.39 Å². The Labute approximate surface area is 194 Å². The molecule has 0 fully saturated rings. The zero-order valence-corrected chi connectivity index (χ0v) is 19.3. The van der Waals surface area contributed by atoms with E-state index in [1.165, 1.54) is 28.0 Å². The largest absolute Gasteiger partial charge is 0.256 e. The van der Waals surface area contributed by atoms with Crippen LogP contribution in [0.5, 0.6) is 0 Å². The Morgan fingerprint density at radius 3 is 1.82 bits per heavy atom. The van der Waals surface area contributed by atoms with Crippen LogP contribution in [0.2, 0.25) is 0 Å². The molecule has 0 aliphatic rings. The van der Waals surface area contributed by atoms with Gasteiger partial charge in [0.15, 0.2) is 0 Å². The lowest BCUT2D eigenvalue weighted by molar-refractivity contribution is 0.628. The van der Waals surface area contributed by atoms with Crippen molar-refractivity contribution >= 4 is 23.2 Å². The molecule has 0 N–H and O–H groups in total. The van der Waals surface area contributed by atoms with Gasteiger partial charge < -0.3 is 0 Å². The topological polar surface area (TPSA) is 12.9 Å². The summed E-state index contributed by atoms with van der Waals surface area (Å²) in [6, 6.07) is 40.8. The molecule has 1 aromatic heterocycles. The van der Waals surface area contributed by atoms with Crippen LogP contribution in [0.25, 0.3) is 22.4 Å². The van der Waals surface area contributed by atoms with Gasteiger partial charge in [-0.1, -0.05) is 60.7 Å². The van der Waals surface area contributed by atoms with Crippen LogP contribution in [0.4, 0.5) is 4.39 Å². The first kappa shape index (κ1) is 21.2. The Balaban J connectivity index is 1.70. The fraction of sp³-hybridized carbons (Fsp3) is 0.0333.